The minimum absolute atomic E-state index is 0.00718. The Kier molecular flexibility index (Phi) is 84.8. The number of aryl methyl sites for hydroxylation is 1. The molecular weight excluding hydrogens is 2390 g/mol. The number of alkyl halides is 9. The van der Waals surface area contributed by atoms with E-state index in [1.807, 2.05) is 185 Å². The van der Waals surface area contributed by atoms with E-state index in [4.69, 9.17) is 128 Å². The lowest BCUT2D eigenvalue weighted by Gasteiger charge is -2.24. The molecule has 0 spiro atoms. The van der Waals surface area contributed by atoms with E-state index in [1.54, 1.807) is 54.5 Å². The van der Waals surface area contributed by atoms with Gasteiger partial charge < -0.3 is 33.3 Å². The molecule has 39 heteroatoms. The third-order valence-electron chi connectivity index (χ3n) is 14.9. The smallest absolute Gasteiger partial charge is 0.333 e. The second-order valence-corrected chi connectivity index (χ2v) is 54.8. The number of halogens is 9. The molecule has 3 atom stereocenters. The number of rotatable bonds is 65. The molecule has 0 bridgehead atoms. The van der Waals surface area contributed by atoms with Crippen molar-refractivity contribution in [2.24, 2.45) is 5.41 Å². The van der Waals surface area contributed by atoms with Gasteiger partial charge in [0.2, 0.25) is 0 Å². The second-order valence-electron chi connectivity index (χ2n) is 37.3. The van der Waals surface area contributed by atoms with Gasteiger partial charge in [-0.1, -0.05) is 273 Å². The Hall–Kier alpha value is -4.35. The summed E-state index contributed by atoms with van der Waals surface area (Å²) in [6.45, 7) is 82.2. The van der Waals surface area contributed by atoms with Crippen LogP contribution in [0.2, 0.25) is 0 Å². The fourth-order valence-corrected chi connectivity index (χ4v) is 8.31. The minimum atomic E-state index is -0.573. The lowest BCUT2D eigenvalue weighted by molar-refractivity contribution is -0.368. The van der Waals surface area contributed by atoms with Gasteiger partial charge in [-0.15, -0.1) is 11.6 Å². The molecule has 0 heterocycles. The zero-order chi connectivity index (χ0) is 110. The van der Waals surface area contributed by atoms with Gasteiger partial charge in [-0.3, -0.25) is 4.79 Å². The number of hydrogen-bond acceptors (Lipinski definition) is 30. The molecule has 0 aliphatic heterocycles. The molecule has 0 saturated heterocycles. The van der Waals surface area contributed by atoms with Crippen LogP contribution in [0.15, 0.2) is 153 Å². The van der Waals surface area contributed by atoms with Gasteiger partial charge in [0.1, 0.15) is 51.8 Å². The average molecular weight is 2550 g/mol. The highest BCUT2D eigenvalue weighted by molar-refractivity contribution is 9.11. The predicted molar refractivity (Wildman–Crippen MR) is 589 cm³/mol. The first kappa shape index (κ1) is 146. The molecule has 30 nitrogen and oxygen atoms in total. The Morgan fingerprint density at radius 2 is 0.655 bits per heavy atom. The van der Waals surface area contributed by atoms with E-state index in [9.17, 15) is 28.8 Å². The van der Waals surface area contributed by atoms with Gasteiger partial charge in [0, 0.05) is 80.7 Å². The van der Waals surface area contributed by atoms with Gasteiger partial charge >= 0.3 is 35.8 Å². The van der Waals surface area contributed by atoms with Crippen LogP contribution in [-0.2, 0) is 153 Å². The summed E-state index contributed by atoms with van der Waals surface area (Å²) in [5.74, 6) is -1.67. The highest BCUT2D eigenvalue weighted by atomic mass is 79.9. The average Bonchev–Trinajstić information content (AvgIpc) is 0.917. The molecule has 0 radical (unpaired) electrons. The molecule has 142 heavy (non-hydrogen) atoms. The number of carbonyl (C=O) groups is 6. The zero-order valence-corrected chi connectivity index (χ0v) is 102. The summed E-state index contributed by atoms with van der Waals surface area (Å²) in [5.41, 5.74) is 7.16. The van der Waals surface area contributed by atoms with Crippen molar-refractivity contribution in [1.82, 2.24) is 0 Å². The molecule has 0 aromatic heterocycles. The van der Waals surface area contributed by atoms with E-state index >= 15 is 0 Å². The summed E-state index contributed by atoms with van der Waals surface area (Å²) >= 11 is 33.1. The van der Waals surface area contributed by atoms with E-state index in [0.29, 0.717) is 132 Å². The van der Waals surface area contributed by atoms with Crippen LogP contribution in [0.5, 0.6) is 5.75 Å². The van der Waals surface area contributed by atoms with Gasteiger partial charge in [-0.05, 0) is 218 Å². The van der Waals surface area contributed by atoms with Crippen LogP contribution in [-0.4, -0.2) is 220 Å². The maximum absolute atomic E-state index is 11.4. The SMILES string of the molecule is C=C(C)C(=O)OCC(C)(C)COOCC(C)(C)Br.C=C(C)C(=O)OCC(C)OOCC(C)(C)Br.C=C(C)C(=O)OCC(CCl)OOCC(C)(C)Br.C=C(C)C(=O)OCC(COOCC(C)(C)Br)OOCC.C=C(C)C(=O)OCCCC(=O)OCCCOOCC(C)(C)Br.C=Cc1ccc(CCCOOCC(C)(C)Br)cc1.C=Cc1ccc(COOCC(C)(C)Br)cc1.C=Cc1ccc(OOCC(C)(C)Br)cc1. The minimum Gasteiger partial charge on any atom is -0.466 e. The Labute approximate surface area is 918 Å². The van der Waals surface area contributed by atoms with Gasteiger partial charge in [0.25, 0.3) is 0 Å². The number of benzene rings is 3. The highest BCUT2D eigenvalue weighted by Gasteiger charge is 2.26. The molecule has 0 saturated carbocycles. The van der Waals surface area contributed by atoms with Gasteiger partial charge in [-0.2, -0.15) is 4.89 Å². The number of hydrogen-bond donors (Lipinski definition) is 0. The number of carbonyl (C=O) groups excluding carboxylic acids is 6. The molecule has 816 valence electrons. The van der Waals surface area contributed by atoms with E-state index in [-0.39, 0.29) is 117 Å². The Balaban J connectivity index is -0.000000505. The Morgan fingerprint density at radius 3 is 1.06 bits per heavy atom. The third-order valence-corrected chi connectivity index (χ3v) is 17.0. The molecule has 0 N–H and O–H groups in total. The first-order chi connectivity index (χ1) is 65.5. The maximum Gasteiger partial charge on any atom is 0.333 e. The number of ether oxygens (including phenoxy) is 6. The molecule has 3 rings (SSSR count). The van der Waals surface area contributed by atoms with Crippen LogP contribution < -0.4 is 4.89 Å². The van der Waals surface area contributed by atoms with Gasteiger partial charge in [0.05, 0.1) is 98.4 Å². The standard InChI is InChI=1S/C15H25BrO6.C15H21BrO2.C13H23BrO6.C13H23BrO4.C13H17BrO2.C12H15BrO2.C11H18BrClO4.C11H19BrO4/c1-12(2)14(18)20-8-5-7-13(17)19-9-6-10-21-22-11-15(3,4)16;1-4-13-7-9-14(10-8-13)6-5-11-17-18-12-15(2,3)16;1-6-17-20-11(7-16-12(15)10(2)3)8-18-19-9-13(4,5)14;1-10(2)11(15)16-7-12(3,4)8-17-18-9-13(5,6)14;1-4-11-5-7-12(8-6-11)9-15-16-10-13(2,3)14;1-4-10-5-7-11(8-6-10)15-14-9-12(2,3)13;1-8(2)10(14)15-6-9(5-13)17-16-7-11(3,4)12;1-8(2)10(13)14-6-9(3)16-15-7-11(4,5)12/h1,5-11H2,2-4H3;4,7-10H,1,5-6,11-12H2,2-3H3;11H,2,6-9H2,1,3-5H3;1,7-9H2,2-6H3;4-8H,1,9-10H2,2-3H3;4-8H,1,9H2,2-3H3;9H,1,5-7H2,2-4H3;9H,1,6-7H2,2-5H3. The fraction of sp³-hybridized carbons (Fsp3) is 0.612. The largest absolute Gasteiger partial charge is 0.466 e. The van der Waals surface area contributed by atoms with Crippen molar-refractivity contribution >= 4 is 193 Å². The van der Waals surface area contributed by atoms with E-state index in [0.717, 1.165) is 35.1 Å². The maximum atomic E-state index is 11.4. The second kappa shape index (κ2) is 82.4. The fourth-order valence-electron chi connectivity index (χ4n) is 7.43. The van der Waals surface area contributed by atoms with Crippen molar-refractivity contribution in [2.45, 2.75) is 265 Å². The van der Waals surface area contributed by atoms with Crippen molar-refractivity contribution in [3.05, 3.63) is 181 Å². The van der Waals surface area contributed by atoms with Crippen LogP contribution in [0.4, 0.5) is 0 Å². The van der Waals surface area contributed by atoms with Crippen molar-refractivity contribution in [2.75, 3.05) is 131 Å². The van der Waals surface area contributed by atoms with Gasteiger partial charge in [0.15, 0.2) is 11.9 Å². The summed E-state index contributed by atoms with van der Waals surface area (Å²) in [6, 6.07) is 23.9. The zero-order valence-electron chi connectivity index (χ0n) is 88.1. The summed E-state index contributed by atoms with van der Waals surface area (Å²) in [7, 11) is 0. The summed E-state index contributed by atoms with van der Waals surface area (Å²) < 4.78 is 28.8. The topological polar surface area (TPSA) is 324 Å². The Morgan fingerprint density at radius 1 is 0.331 bits per heavy atom. The highest BCUT2D eigenvalue weighted by Crippen LogP contribution is 2.25. The number of esters is 6. The van der Waals surface area contributed by atoms with Crippen LogP contribution in [0.1, 0.15) is 227 Å². The Bertz CT molecular complexity index is 3970. The molecule has 0 aliphatic rings. The molecule has 3 aromatic rings. The van der Waals surface area contributed by atoms with Crippen molar-refractivity contribution in [1.29, 1.82) is 0 Å². The predicted octanol–water partition coefficient (Wildman–Crippen LogP) is 26.4. The molecule has 0 amide bonds. The normalized spacial score (nSPS) is 12.1. The monoisotopic (exact) mass is 2540 g/mol. The molecule has 3 unspecified atom stereocenters. The van der Waals surface area contributed by atoms with Crippen LogP contribution in [0, 0.1) is 5.41 Å². The van der Waals surface area contributed by atoms with Crippen LogP contribution in [0.25, 0.3) is 18.2 Å². The first-order valence-corrected chi connectivity index (χ1v) is 52.3. The van der Waals surface area contributed by atoms with Crippen LogP contribution >= 0.6 is 139 Å². The van der Waals surface area contributed by atoms with Crippen LogP contribution in [0.3, 0.4) is 0 Å². The summed E-state index contributed by atoms with van der Waals surface area (Å²) in [4.78, 5) is 158. The molecular formula is C103H161Br8ClO30. The molecule has 0 aliphatic carbocycles. The molecule has 0 fully saturated rings. The molecule has 3 aromatic carbocycles. The summed E-state index contributed by atoms with van der Waals surface area (Å²) in [6.07, 6.45) is 7.22. The first-order valence-electron chi connectivity index (χ1n) is 45.4. The van der Waals surface area contributed by atoms with E-state index < -0.39 is 36.1 Å². The lowest BCUT2D eigenvalue weighted by atomic mass is 9.96. The lowest BCUT2D eigenvalue weighted by Crippen LogP contribution is -2.29. The third kappa shape index (κ3) is 106. The van der Waals surface area contributed by atoms with Crippen molar-refractivity contribution in [3.8, 4) is 5.75 Å². The summed E-state index contributed by atoms with van der Waals surface area (Å²) in [5, 5.41) is 0. The van der Waals surface area contributed by atoms with Gasteiger partial charge in [-0.25, -0.2) is 102 Å². The van der Waals surface area contributed by atoms with E-state index in [1.165, 1.54) is 5.56 Å². The van der Waals surface area contributed by atoms with Crippen molar-refractivity contribution < 1.29 is 145 Å². The van der Waals surface area contributed by atoms with Crippen molar-refractivity contribution in [3.63, 3.8) is 0 Å². The van der Waals surface area contributed by atoms with E-state index in [2.05, 4.69) is 204 Å². The quantitative estimate of drug-likeness (QED) is 0.00963.